The van der Waals surface area contributed by atoms with Crippen molar-refractivity contribution in [1.82, 2.24) is 4.72 Å². The highest BCUT2D eigenvalue weighted by Crippen LogP contribution is 2.35. The van der Waals surface area contributed by atoms with Gasteiger partial charge in [0.2, 0.25) is 15.9 Å². The number of rotatable bonds is 5. The molecule has 6 nitrogen and oxygen atoms in total. The van der Waals surface area contributed by atoms with Crippen LogP contribution in [-0.2, 0) is 14.8 Å². The number of amides is 1. The van der Waals surface area contributed by atoms with E-state index in [1.165, 1.54) is 19.1 Å². The Hall–Kier alpha value is -1.44. The summed E-state index contributed by atoms with van der Waals surface area (Å²) in [6.45, 7) is 1.69. The van der Waals surface area contributed by atoms with Gasteiger partial charge in [0.05, 0.1) is 4.90 Å². The van der Waals surface area contributed by atoms with E-state index in [-0.39, 0.29) is 10.8 Å². The van der Waals surface area contributed by atoms with Gasteiger partial charge in [-0.15, -0.1) is 0 Å². The van der Waals surface area contributed by atoms with E-state index < -0.39 is 15.6 Å². The molecule has 0 aliphatic heterocycles. The topological polar surface area (TPSA) is 101 Å². The van der Waals surface area contributed by atoms with Crippen LogP contribution in [0.5, 0.6) is 0 Å². The molecule has 0 spiro atoms. The highest BCUT2D eigenvalue weighted by molar-refractivity contribution is 7.89. The maximum Gasteiger partial charge on any atom is 0.241 e. The summed E-state index contributed by atoms with van der Waals surface area (Å²) in [5, 5.41) is 2.58. The smallest absolute Gasteiger partial charge is 0.241 e. The summed E-state index contributed by atoms with van der Waals surface area (Å²) in [6, 6.07) is 6.02. The fourth-order valence-corrected chi connectivity index (χ4v) is 3.23. The molecule has 0 atom stereocenters. The fraction of sp³-hybridized carbons (Fsp3) is 0.417. The van der Waals surface area contributed by atoms with Gasteiger partial charge < -0.3 is 11.1 Å². The van der Waals surface area contributed by atoms with Gasteiger partial charge in [0.25, 0.3) is 0 Å². The first-order chi connectivity index (χ1) is 8.87. The van der Waals surface area contributed by atoms with Gasteiger partial charge >= 0.3 is 0 Å². The van der Waals surface area contributed by atoms with Crippen molar-refractivity contribution in [3.05, 3.63) is 24.3 Å². The maximum absolute atomic E-state index is 12.1. The number of carbonyl (C=O) groups is 1. The van der Waals surface area contributed by atoms with Gasteiger partial charge in [-0.1, -0.05) is 0 Å². The van der Waals surface area contributed by atoms with Crippen molar-refractivity contribution >= 4 is 21.6 Å². The summed E-state index contributed by atoms with van der Waals surface area (Å²) in [5.41, 5.74) is 5.66. The van der Waals surface area contributed by atoms with E-state index in [2.05, 4.69) is 10.0 Å². The van der Waals surface area contributed by atoms with Gasteiger partial charge in [0.15, 0.2) is 0 Å². The second-order valence-corrected chi connectivity index (χ2v) is 6.48. The number of nitrogens with two attached hydrogens (primary N) is 1. The van der Waals surface area contributed by atoms with Crippen LogP contribution >= 0.6 is 0 Å². The maximum atomic E-state index is 12.1. The third-order valence-electron chi connectivity index (χ3n) is 3.08. The molecule has 0 radical (unpaired) electrons. The third-order valence-corrected chi connectivity index (χ3v) is 4.67. The molecule has 0 aromatic heterocycles. The largest absolute Gasteiger partial charge is 0.329 e. The van der Waals surface area contributed by atoms with Gasteiger partial charge in [-0.3, -0.25) is 4.79 Å². The van der Waals surface area contributed by atoms with Crippen LogP contribution in [0.3, 0.4) is 0 Å². The molecule has 1 amide bonds. The summed E-state index contributed by atoms with van der Waals surface area (Å²) in [5.74, 6) is -0.200. The average Bonchev–Trinajstić information content (AvgIpc) is 3.09. The summed E-state index contributed by atoms with van der Waals surface area (Å²) in [4.78, 5) is 11.0. The van der Waals surface area contributed by atoms with Gasteiger partial charge in [-0.2, -0.15) is 0 Å². The zero-order valence-electron chi connectivity index (χ0n) is 10.6. The molecule has 1 aromatic rings. The van der Waals surface area contributed by atoms with E-state index >= 15 is 0 Å². The first-order valence-corrected chi connectivity index (χ1v) is 7.47. The summed E-state index contributed by atoms with van der Waals surface area (Å²) in [6.07, 6.45) is 1.54. The number of benzene rings is 1. The zero-order valence-corrected chi connectivity index (χ0v) is 11.5. The normalized spacial score (nSPS) is 16.9. The molecule has 0 bridgehead atoms. The van der Waals surface area contributed by atoms with Gasteiger partial charge in [0.1, 0.15) is 0 Å². The van der Waals surface area contributed by atoms with E-state index in [1.54, 1.807) is 12.1 Å². The Morgan fingerprint density at radius 1 is 1.32 bits per heavy atom. The molecule has 1 aliphatic rings. The summed E-state index contributed by atoms with van der Waals surface area (Å²) in [7, 11) is -3.56. The molecule has 2 rings (SSSR count). The molecule has 1 aliphatic carbocycles. The van der Waals surface area contributed by atoms with Gasteiger partial charge in [-0.25, -0.2) is 13.1 Å². The molecule has 0 unspecified atom stereocenters. The lowest BCUT2D eigenvalue weighted by atomic mass is 10.3. The molecule has 0 heterocycles. The Morgan fingerprint density at radius 2 is 1.89 bits per heavy atom. The summed E-state index contributed by atoms with van der Waals surface area (Å²) < 4.78 is 26.9. The van der Waals surface area contributed by atoms with Crippen LogP contribution < -0.4 is 15.8 Å². The first kappa shape index (κ1) is 14.0. The Bertz CT molecular complexity index is 577. The lowest BCUT2D eigenvalue weighted by Gasteiger charge is -2.15. The van der Waals surface area contributed by atoms with Crippen molar-refractivity contribution in [3.63, 3.8) is 0 Å². The Labute approximate surface area is 112 Å². The fourth-order valence-electron chi connectivity index (χ4n) is 1.76. The van der Waals surface area contributed by atoms with Crippen LogP contribution in [0.15, 0.2) is 29.2 Å². The number of hydrogen-bond acceptors (Lipinski definition) is 4. The van der Waals surface area contributed by atoms with Crippen LogP contribution in [0.1, 0.15) is 19.8 Å². The van der Waals surface area contributed by atoms with Crippen LogP contribution in [0.4, 0.5) is 5.69 Å². The van der Waals surface area contributed by atoms with E-state index in [1.807, 2.05) is 0 Å². The molecular formula is C12H17N3O3S. The van der Waals surface area contributed by atoms with Crippen LogP contribution in [0, 0.1) is 0 Å². The number of nitrogens with one attached hydrogen (secondary N) is 2. The van der Waals surface area contributed by atoms with Crippen molar-refractivity contribution in [2.45, 2.75) is 30.2 Å². The molecule has 1 aromatic carbocycles. The minimum absolute atomic E-state index is 0.168. The van der Waals surface area contributed by atoms with E-state index in [4.69, 9.17) is 5.73 Å². The van der Waals surface area contributed by atoms with Crippen molar-refractivity contribution in [2.75, 3.05) is 11.9 Å². The van der Waals surface area contributed by atoms with Crippen molar-refractivity contribution in [1.29, 1.82) is 0 Å². The monoisotopic (exact) mass is 283 g/mol. The lowest BCUT2D eigenvalue weighted by molar-refractivity contribution is -0.114. The predicted octanol–water partition coefficient (Wildman–Crippen LogP) is 0.415. The van der Waals surface area contributed by atoms with Crippen LogP contribution in [0.25, 0.3) is 0 Å². The van der Waals surface area contributed by atoms with Crippen LogP contribution in [-0.4, -0.2) is 26.4 Å². The number of sulfonamides is 1. The molecule has 19 heavy (non-hydrogen) atoms. The minimum atomic E-state index is -3.56. The van der Waals surface area contributed by atoms with E-state index in [9.17, 15) is 13.2 Å². The Morgan fingerprint density at radius 3 is 2.32 bits per heavy atom. The Balaban J connectivity index is 2.14. The zero-order chi connectivity index (χ0) is 14.1. The van der Waals surface area contributed by atoms with Gasteiger partial charge in [0, 0.05) is 24.7 Å². The van der Waals surface area contributed by atoms with Crippen molar-refractivity contribution < 1.29 is 13.2 Å². The quantitative estimate of drug-likeness (QED) is 0.728. The molecule has 4 N–H and O–H groups in total. The van der Waals surface area contributed by atoms with E-state index in [0.29, 0.717) is 12.2 Å². The van der Waals surface area contributed by atoms with E-state index in [0.717, 1.165) is 12.8 Å². The highest BCUT2D eigenvalue weighted by atomic mass is 32.2. The second-order valence-electron chi connectivity index (χ2n) is 4.80. The highest BCUT2D eigenvalue weighted by Gasteiger charge is 2.44. The molecule has 7 heteroatoms. The van der Waals surface area contributed by atoms with Crippen molar-refractivity contribution in [2.24, 2.45) is 5.73 Å². The Kier molecular flexibility index (Phi) is 3.62. The number of hydrogen-bond donors (Lipinski definition) is 3. The second kappa shape index (κ2) is 4.92. The molecule has 0 saturated heterocycles. The van der Waals surface area contributed by atoms with Gasteiger partial charge in [-0.05, 0) is 37.1 Å². The first-order valence-electron chi connectivity index (χ1n) is 5.99. The molecular weight excluding hydrogens is 266 g/mol. The van der Waals surface area contributed by atoms with Crippen molar-refractivity contribution in [3.8, 4) is 0 Å². The number of anilines is 1. The SMILES string of the molecule is CC(=O)Nc1ccc(S(=O)(=O)NC2(CN)CC2)cc1. The standard InChI is InChI=1S/C12H17N3O3S/c1-9(16)14-10-2-4-11(5-3-10)19(17,18)15-12(8-13)6-7-12/h2-5,15H,6-8,13H2,1H3,(H,14,16). The number of carbonyl (C=O) groups excluding carboxylic acids is 1. The predicted molar refractivity (Wildman–Crippen MR) is 72.1 cm³/mol. The lowest BCUT2D eigenvalue weighted by Crippen LogP contribution is -2.42. The average molecular weight is 283 g/mol. The molecule has 1 fully saturated rings. The minimum Gasteiger partial charge on any atom is -0.329 e. The summed E-state index contributed by atoms with van der Waals surface area (Å²) >= 11 is 0. The third kappa shape index (κ3) is 3.31. The molecule has 1 saturated carbocycles. The molecule has 104 valence electrons. The van der Waals surface area contributed by atoms with Crippen LogP contribution in [0.2, 0.25) is 0 Å².